The van der Waals surface area contributed by atoms with Gasteiger partial charge in [0, 0.05) is 20.0 Å². The molecule has 1 N–H and O–H groups in total. The number of para-hydroxylation sites is 1. The highest BCUT2D eigenvalue weighted by atomic mass is 32.2. The fourth-order valence-electron chi connectivity index (χ4n) is 3.11. The van der Waals surface area contributed by atoms with Gasteiger partial charge >= 0.3 is 0 Å². The summed E-state index contributed by atoms with van der Waals surface area (Å²) in [5, 5.41) is 2.67. The van der Waals surface area contributed by atoms with Crippen LogP contribution < -0.4 is 14.8 Å². The van der Waals surface area contributed by atoms with Crippen molar-refractivity contribution >= 4 is 34.4 Å². The minimum Gasteiger partial charge on any atom is -0.493 e. The van der Waals surface area contributed by atoms with Crippen LogP contribution >= 0.6 is 11.8 Å². The van der Waals surface area contributed by atoms with Gasteiger partial charge in [0.25, 0.3) is 0 Å². The Morgan fingerprint density at radius 1 is 1.17 bits per heavy atom. The molecule has 7 nitrogen and oxygen atoms in total. The quantitative estimate of drug-likeness (QED) is 0.735. The molecule has 158 valence electrons. The van der Waals surface area contributed by atoms with E-state index in [9.17, 15) is 9.59 Å². The second-order valence-electron chi connectivity index (χ2n) is 6.64. The molecule has 2 amide bonds. The Labute approximate surface area is 180 Å². The molecule has 0 bridgehead atoms. The number of carbonyl (C=O) groups is 2. The zero-order chi connectivity index (χ0) is 21.5. The average Bonchev–Trinajstić information content (AvgIpc) is 2.78. The van der Waals surface area contributed by atoms with Gasteiger partial charge in [0.05, 0.1) is 25.2 Å². The van der Waals surface area contributed by atoms with Gasteiger partial charge in [-0.2, -0.15) is 0 Å². The Morgan fingerprint density at radius 2 is 1.90 bits per heavy atom. The van der Waals surface area contributed by atoms with Crippen molar-refractivity contribution in [2.24, 2.45) is 4.99 Å². The van der Waals surface area contributed by atoms with E-state index < -0.39 is 5.25 Å². The summed E-state index contributed by atoms with van der Waals surface area (Å²) < 4.78 is 10.6. The maximum absolute atomic E-state index is 12.9. The van der Waals surface area contributed by atoms with E-state index >= 15 is 0 Å². The maximum atomic E-state index is 12.9. The number of benzene rings is 2. The molecule has 8 heteroatoms. The summed E-state index contributed by atoms with van der Waals surface area (Å²) >= 11 is 1.32. The number of thioether (sulfide) groups is 1. The molecule has 30 heavy (non-hydrogen) atoms. The van der Waals surface area contributed by atoms with E-state index in [1.165, 1.54) is 11.8 Å². The normalized spacial score (nSPS) is 17.7. The van der Waals surface area contributed by atoms with Crippen molar-refractivity contribution in [1.82, 2.24) is 10.2 Å². The lowest BCUT2D eigenvalue weighted by Gasteiger charge is -2.31. The monoisotopic (exact) mass is 427 g/mol. The molecule has 0 aromatic heterocycles. The van der Waals surface area contributed by atoms with Gasteiger partial charge in [0.15, 0.2) is 16.7 Å². The molecule has 1 fully saturated rings. The third-order valence-corrected chi connectivity index (χ3v) is 5.92. The van der Waals surface area contributed by atoms with Gasteiger partial charge in [-0.05, 0) is 36.2 Å². The fourth-order valence-corrected chi connectivity index (χ4v) is 4.30. The van der Waals surface area contributed by atoms with E-state index in [2.05, 4.69) is 10.3 Å². The summed E-state index contributed by atoms with van der Waals surface area (Å²) in [7, 11) is 4.76. The first-order chi connectivity index (χ1) is 14.5. The van der Waals surface area contributed by atoms with Gasteiger partial charge in [-0.15, -0.1) is 0 Å². The highest BCUT2D eigenvalue weighted by Gasteiger charge is 2.35. The topological polar surface area (TPSA) is 80.2 Å². The number of aliphatic imine (C=N–C) groups is 1. The summed E-state index contributed by atoms with van der Waals surface area (Å²) in [6, 6.07) is 15.1. The summed E-state index contributed by atoms with van der Waals surface area (Å²) in [6.45, 7) is 0.452. The molecule has 0 aliphatic carbocycles. The number of rotatable bonds is 7. The van der Waals surface area contributed by atoms with Crippen molar-refractivity contribution in [1.29, 1.82) is 0 Å². The second-order valence-corrected chi connectivity index (χ2v) is 7.81. The van der Waals surface area contributed by atoms with Crippen molar-refractivity contribution in [3.05, 3.63) is 54.1 Å². The predicted molar refractivity (Wildman–Crippen MR) is 119 cm³/mol. The number of nitrogens with one attached hydrogen (secondary N) is 1. The highest BCUT2D eigenvalue weighted by Crippen LogP contribution is 2.31. The van der Waals surface area contributed by atoms with E-state index in [0.717, 1.165) is 11.3 Å². The summed E-state index contributed by atoms with van der Waals surface area (Å²) in [5.41, 5.74) is 1.75. The molecule has 1 saturated heterocycles. The lowest BCUT2D eigenvalue weighted by molar-refractivity contribution is -0.130. The molecule has 1 aliphatic rings. The maximum Gasteiger partial charge on any atom is 0.233 e. The SMILES string of the molecule is CNC(=O)[C@@H]1CC(=O)N(CCc2ccc(OC)c(OC)c2)C(=Nc2ccccc2)S1. The van der Waals surface area contributed by atoms with Crippen LogP contribution in [0.4, 0.5) is 5.69 Å². The predicted octanol–water partition coefficient (Wildman–Crippen LogP) is 3.01. The number of amidine groups is 1. The fraction of sp³-hybridized carbons (Fsp3) is 0.318. The molecule has 1 heterocycles. The third-order valence-electron chi connectivity index (χ3n) is 4.73. The average molecular weight is 428 g/mol. The smallest absolute Gasteiger partial charge is 0.233 e. The number of hydrogen-bond donors (Lipinski definition) is 1. The summed E-state index contributed by atoms with van der Waals surface area (Å²) in [4.78, 5) is 31.3. The van der Waals surface area contributed by atoms with Crippen LogP contribution in [0, 0.1) is 0 Å². The van der Waals surface area contributed by atoms with Gasteiger partial charge in [-0.3, -0.25) is 14.5 Å². The van der Waals surface area contributed by atoms with Crippen molar-refractivity contribution in [3.63, 3.8) is 0 Å². The molecule has 0 unspecified atom stereocenters. The van der Waals surface area contributed by atoms with Gasteiger partial charge in [-0.25, -0.2) is 4.99 Å². The molecular weight excluding hydrogens is 402 g/mol. The second kappa shape index (κ2) is 10.2. The van der Waals surface area contributed by atoms with Crippen molar-refractivity contribution in [2.75, 3.05) is 27.8 Å². The molecule has 1 atom stereocenters. The number of nitrogens with zero attached hydrogens (tertiary/aromatic N) is 2. The van der Waals surface area contributed by atoms with Gasteiger partial charge in [-0.1, -0.05) is 36.0 Å². The molecule has 3 rings (SSSR count). The van der Waals surface area contributed by atoms with Crippen molar-refractivity contribution in [3.8, 4) is 11.5 Å². The Hall–Kier alpha value is -3.00. The van der Waals surface area contributed by atoms with Crippen molar-refractivity contribution in [2.45, 2.75) is 18.1 Å². The third kappa shape index (κ3) is 5.13. The Morgan fingerprint density at radius 3 is 2.57 bits per heavy atom. The molecule has 0 spiro atoms. The van der Waals surface area contributed by atoms with Crippen molar-refractivity contribution < 1.29 is 19.1 Å². The van der Waals surface area contributed by atoms with E-state index in [1.54, 1.807) is 26.2 Å². The van der Waals surface area contributed by atoms with Crippen LogP contribution in [0.3, 0.4) is 0 Å². The molecule has 0 radical (unpaired) electrons. The molecule has 0 saturated carbocycles. The van der Waals surface area contributed by atoms with Crippen LogP contribution in [-0.2, 0) is 16.0 Å². The first-order valence-corrected chi connectivity index (χ1v) is 10.5. The first-order valence-electron chi connectivity index (χ1n) is 9.59. The van der Waals surface area contributed by atoms with E-state index in [0.29, 0.717) is 29.6 Å². The van der Waals surface area contributed by atoms with Gasteiger partial charge in [0.1, 0.15) is 0 Å². The summed E-state index contributed by atoms with van der Waals surface area (Å²) in [6.07, 6.45) is 0.759. The standard InChI is InChI=1S/C22H25N3O4S/c1-23-21(27)19-14-20(26)25(22(30-19)24-16-7-5-4-6-8-16)12-11-15-9-10-17(28-2)18(13-15)29-3/h4-10,13,19H,11-12,14H2,1-3H3,(H,23,27)/t19-/m0/s1. The van der Waals surface area contributed by atoms with Crippen LogP contribution in [0.2, 0.25) is 0 Å². The Balaban J connectivity index is 1.82. The van der Waals surface area contributed by atoms with E-state index in [1.807, 2.05) is 48.5 Å². The van der Waals surface area contributed by atoms with Crippen LogP contribution in [-0.4, -0.2) is 54.9 Å². The minimum atomic E-state index is -0.484. The largest absolute Gasteiger partial charge is 0.493 e. The minimum absolute atomic E-state index is 0.113. The van der Waals surface area contributed by atoms with Gasteiger partial charge in [0.2, 0.25) is 11.8 Å². The molecular formula is C22H25N3O4S. The number of ether oxygens (including phenoxy) is 2. The Bertz CT molecular complexity index is 933. The zero-order valence-electron chi connectivity index (χ0n) is 17.3. The van der Waals surface area contributed by atoms with E-state index in [4.69, 9.17) is 9.47 Å². The van der Waals surface area contributed by atoms with Gasteiger partial charge < -0.3 is 14.8 Å². The number of methoxy groups -OCH3 is 2. The number of amides is 2. The summed E-state index contributed by atoms with van der Waals surface area (Å²) in [5.74, 6) is 1.02. The molecule has 1 aliphatic heterocycles. The van der Waals surface area contributed by atoms with Crippen LogP contribution in [0.1, 0.15) is 12.0 Å². The number of carbonyl (C=O) groups excluding carboxylic acids is 2. The Kier molecular flexibility index (Phi) is 7.35. The van der Waals surface area contributed by atoms with Crippen LogP contribution in [0.25, 0.3) is 0 Å². The van der Waals surface area contributed by atoms with E-state index in [-0.39, 0.29) is 18.2 Å². The lowest BCUT2D eigenvalue weighted by atomic mass is 10.1. The highest BCUT2D eigenvalue weighted by molar-refractivity contribution is 8.15. The first kappa shape index (κ1) is 21.7. The van der Waals surface area contributed by atoms with Crippen LogP contribution in [0.15, 0.2) is 53.5 Å². The number of hydrogen-bond acceptors (Lipinski definition) is 6. The zero-order valence-corrected chi connectivity index (χ0v) is 18.1. The lowest BCUT2D eigenvalue weighted by Crippen LogP contribution is -2.46. The van der Waals surface area contributed by atoms with Crippen LogP contribution in [0.5, 0.6) is 11.5 Å². The molecule has 2 aromatic carbocycles. The molecule has 2 aromatic rings.